The number of carbonyl (C=O) groups excluding carboxylic acids is 1. The highest BCUT2D eigenvalue weighted by atomic mass is 16.7. The Labute approximate surface area is 214 Å². The van der Waals surface area contributed by atoms with Crippen LogP contribution in [0.1, 0.15) is 26.0 Å². The van der Waals surface area contributed by atoms with Gasteiger partial charge in [0.15, 0.2) is 11.6 Å². The lowest BCUT2D eigenvalue weighted by Crippen LogP contribution is -2.48. The summed E-state index contributed by atoms with van der Waals surface area (Å²) in [7, 11) is 0. The molecule has 11 heteroatoms. The first-order valence-corrected chi connectivity index (χ1v) is 12.4. The van der Waals surface area contributed by atoms with Gasteiger partial charge in [0.2, 0.25) is 5.88 Å². The number of aryl methyl sites for hydroxylation is 1. The average Bonchev–Trinajstić information content (AvgIpc) is 3.46. The number of amides is 2. The van der Waals surface area contributed by atoms with Gasteiger partial charge < -0.3 is 19.1 Å². The van der Waals surface area contributed by atoms with E-state index in [2.05, 4.69) is 25.2 Å². The maximum atomic E-state index is 13.6. The fraction of sp³-hybridized carbons (Fsp3) is 0.423. The number of rotatable bonds is 5. The van der Waals surface area contributed by atoms with Gasteiger partial charge >= 0.3 is 6.03 Å². The highest BCUT2D eigenvalue weighted by molar-refractivity contribution is 6.04. The minimum atomic E-state index is -0.622. The fourth-order valence-corrected chi connectivity index (χ4v) is 5.02. The molecule has 0 radical (unpaired) electrons. The lowest BCUT2D eigenvalue weighted by atomic mass is 10.1. The van der Waals surface area contributed by atoms with E-state index in [0.717, 1.165) is 42.1 Å². The van der Waals surface area contributed by atoms with E-state index in [9.17, 15) is 4.79 Å². The van der Waals surface area contributed by atoms with E-state index in [-0.39, 0.29) is 24.8 Å². The summed E-state index contributed by atoms with van der Waals surface area (Å²) in [5, 5.41) is 2.92. The van der Waals surface area contributed by atoms with Crippen molar-refractivity contribution in [1.82, 2.24) is 19.9 Å². The zero-order valence-electron chi connectivity index (χ0n) is 21.0. The first-order valence-electron chi connectivity index (χ1n) is 12.4. The predicted molar refractivity (Wildman–Crippen MR) is 137 cm³/mol. The quantitative estimate of drug-likeness (QED) is 0.559. The second kappa shape index (κ2) is 9.24. The number of hydrogen-bond donors (Lipinski definition) is 1. The summed E-state index contributed by atoms with van der Waals surface area (Å²) in [6, 6.07) is 9.29. The van der Waals surface area contributed by atoms with Crippen molar-refractivity contribution in [3.05, 3.63) is 48.5 Å². The van der Waals surface area contributed by atoms with Crippen LogP contribution in [0.15, 0.2) is 42.9 Å². The van der Waals surface area contributed by atoms with Gasteiger partial charge in [-0.3, -0.25) is 15.2 Å². The molecule has 2 atom stereocenters. The van der Waals surface area contributed by atoms with Gasteiger partial charge in [-0.1, -0.05) is 0 Å². The van der Waals surface area contributed by atoms with E-state index in [0.29, 0.717) is 24.1 Å². The summed E-state index contributed by atoms with van der Waals surface area (Å²) < 4.78 is 17.1. The van der Waals surface area contributed by atoms with Gasteiger partial charge in [-0.15, -0.1) is 0 Å². The molecule has 3 aromatic rings. The van der Waals surface area contributed by atoms with Gasteiger partial charge in [0, 0.05) is 36.6 Å². The van der Waals surface area contributed by atoms with E-state index >= 15 is 0 Å². The van der Waals surface area contributed by atoms with Crippen LogP contribution in [0.3, 0.4) is 0 Å². The molecule has 6 heterocycles. The number of ether oxygens (including phenoxy) is 3. The van der Waals surface area contributed by atoms with E-state index < -0.39 is 5.79 Å². The molecule has 192 valence electrons. The fourth-order valence-electron chi connectivity index (χ4n) is 5.02. The van der Waals surface area contributed by atoms with E-state index in [1.54, 1.807) is 17.2 Å². The van der Waals surface area contributed by atoms with E-state index in [1.165, 1.54) is 6.33 Å². The van der Waals surface area contributed by atoms with Crippen LogP contribution in [0.5, 0.6) is 5.88 Å². The van der Waals surface area contributed by atoms with E-state index in [4.69, 9.17) is 19.2 Å². The number of nitrogens with one attached hydrogen (secondary N) is 1. The number of pyridine rings is 2. The number of fused-ring (bicyclic) bond motifs is 4. The van der Waals surface area contributed by atoms with Crippen molar-refractivity contribution in [2.45, 2.75) is 45.1 Å². The Bertz CT molecular complexity index is 1330. The molecule has 2 fully saturated rings. The maximum Gasteiger partial charge on any atom is 0.329 e. The molecular weight excluding hydrogens is 474 g/mol. The Kier molecular flexibility index (Phi) is 5.88. The zero-order valence-corrected chi connectivity index (χ0v) is 21.0. The van der Waals surface area contributed by atoms with Crippen LogP contribution in [0.2, 0.25) is 0 Å². The lowest BCUT2D eigenvalue weighted by Gasteiger charge is -2.35. The third-order valence-corrected chi connectivity index (χ3v) is 6.72. The number of urea groups is 1. The Morgan fingerprint density at radius 1 is 1.22 bits per heavy atom. The van der Waals surface area contributed by atoms with Gasteiger partial charge in [0.05, 0.1) is 24.0 Å². The van der Waals surface area contributed by atoms with Crippen molar-refractivity contribution < 1.29 is 19.0 Å². The average molecular weight is 504 g/mol. The van der Waals surface area contributed by atoms with Gasteiger partial charge in [-0.05, 0) is 51.5 Å². The molecule has 3 aliphatic rings. The Balaban J connectivity index is 1.21. The van der Waals surface area contributed by atoms with Crippen molar-refractivity contribution in [3.63, 3.8) is 0 Å². The van der Waals surface area contributed by atoms with Crippen LogP contribution >= 0.6 is 0 Å². The summed E-state index contributed by atoms with van der Waals surface area (Å²) in [6.45, 7) is 8.06. The van der Waals surface area contributed by atoms with E-state index in [1.807, 2.05) is 45.0 Å². The molecular formula is C26H29N7O4. The number of anilines is 3. The SMILES string of the molecule is Cc1cc(-c2ccc3c(n2)N(C(=O)Nc2cc(OC[C@@H]4COC(C)(C)O4)ncn2)[C@H]2CCN3C2)ccn1. The lowest BCUT2D eigenvalue weighted by molar-refractivity contribution is -0.141. The number of aromatic nitrogens is 4. The molecule has 2 bridgehead atoms. The smallest absolute Gasteiger partial charge is 0.329 e. The van der Waals surface area contributed by atoms with Crippen LogP contribution in [0.4, 0.5) is 22.1 Å². The third-order valence-electron chi connectivity index (χ3n) is 6.72. The molecule has 0 saturated carbocycles. The standard InChI is InChI=1S/C26H29N7O4/c1-16-10-17(6-8-27-16)20-4-5-21-24(30-20)33(18-7-9-32(21)12-18)25(34)31-22-11-23(29-15-28-22)35-13-19-14-36-26(2,3)37-19/h4-6,8,10-11,15,18-19H,7,9,12-14H2,1-3H3,(H,28,29,31,34)/t18-,19+/m0/s1. The molecule has 0 aliphatic carbocycles. The van der Waals surface area contributed by atoms with Crippen LogP contribution in [-0.2, 0) is 9.47 Å². The van der Waals surface area contributed by atoms with Gasteiger partial charge in [0.1, 0.15) is 24.9 Å². The first-order chi connectivity index (χ1) is 17.8. The molecule has 3 aliphatic heterocycles. The normalized spacial score (nSPS) is 21.6. The van der Waals surface area contributed by atoms with Crippen molar-refractivity contribution >= 4 is 23.4 Å². The highest BCUT2D eigenvalue weighted by Gasteiger charge is 2.40. The molecule has 0 aromatic carbocycles. The van der Waals surface area contributed by atoms with Crippen LogP contribution in [0, 0.1) is 6.92 Å². The van der Waals surface area contributed by atoms with Crippen LogP contribution in [-0.4, -0.2) is 70.2 Å². The minimum absolute atomic E-state index is 0.0230. The first kappa shape index (κ1) is 23.6. The van der Waals surface area contributed by atoms with Crippen LogP contribution < -0.4 is 19.9 Å². The summed E-state index contributed by atoms with van der Waals surface area (Å²) in [4.78, 5) is 35.2. The zero-order chi connectivity index (χ0) is 25.6. The van der Waals surface area contributed by atoms with Gasteiger partial charge in [-0.2, -0.15) is 0 Å². The molecule has 6 rings (SSSR count). The third kappa shape index (κ3) is 4.79. The monoisotopic (exact) mass is 503 g/mol. The number of hydrogen-bond acceptors (Lipinski definition) is 9. The molecule has 11 nitrogen and oxygen atoms in total. The molecule has 2 saturated heterocycles. The second-order valence-corrected chi connectivity index (χ2v) is 9.92. The summed E-state index contributed by atoms with van der Waals surface area (Å²) in [6.07, 6.45) is 3.81. The van der Waals surface area contributed by atoms with Crippen molar-refractivity contribution in [1.29, 1.82) is 0 Å². The number of nitrogens with zero attached hydrogens (tertiary/aromatic N) is 6. The summed E-state index contributed by atoms with van der Waals surface area (Å²) in [5.74, 6) is 0.716. The predicted octanol–water partition coefficient (Wildman–Crippen LogP) is 3.40. The van der Waals surface area contributed by atoms with Gasteiger partial charge in [-0.25, -0.2) is 19.7 Å². The van der Waals surface area contributed by atoms with Crippen molar-refractivity contribution in [2.24, 2.45) is 0 Å². The molecule has 0 unspecified atom stereocenters. The molecule has 37 heavy (non-hydrogen) atoms. The van der Waals surface area contributed by atoms with Crippen LogP contribution in [0.25, 0.3) is 11.3 Å². The molecule has 0 spiro atoms. The molecule has 1 N–H and O–H groups in total. The Morgan fingerprint density at radius 2 is 2.11 bits per heavy atom. The summed E-state index contributed by atoms with van der Waals surface area (Å²) >= 11 is 0. The summed E-state index contributed by atoms with van der Waals surface area (Å²) in [5.41, 5.74) is 3.62. The largest absolute Gasteiger partial charge is 0.475 e. The van der Waals surface area contributed by atoms with Crippen molar-refractivity contribution in [2.75, 3.05) is 41.4 Å². The number of carbonyl (C=O) groups is 1. The van der Waals surface area contributed by atoms with Gasteiger partial charge in [0.25, 0.3) is 0 Å². The Morgan fingerprint density at radius 3 is 2.92 bits per heavy atom. The highest BCUT2D eigenvalue weighted by Crippen LogP contribution is 2.40. The maximum absolute atomic E-state index is 13.6. The van der Waals surface area contributed by atoms with Crippen molar-refractivity contribution in [3.8, 4) is 17.1 Å². The molecule has 2 amide bonds. The minimum Gasteiger partial charge on any atom is -0.475 e. The second-order valence-electron chi connectivity index (χ2n) is 9.92. The topological polar surface area (TPSA) is 115 Å². The molecule has 3 aromatic heterocycles. The Hall–Kier alpha value is -3.83.